The molecule has 0 saturated heterocycles. The van der Waals surface area contributed by atoms with Gasteiger partial charge in [-0.3, -0.25) is 9.59 Å². The van der Waals surface area contributed by atoms with Gasteiger partial charge in [-0.05, 0) is 37.5 Å². The lowest BCUT2D eigenvalue weighted by Gasteiger charge is -2.07. The van der Waals surface area contributed by atoms with Crippen LogP contribution in [0.2, 0.25) is 10.0 Å². The Balaban J connectivity index is 1.96. The molecule has 0 fully saturated rings. The van der Waals surface area contributed by atoms with Gasteiger partial charge >= 0.3 is 11.9 Å². The highest BCUT2D eigenvalue weighted by atomic mass is 35.5. The third-order valence-electron chi connectivity index (χ3n) is 4.42. The molecule has 0 aliphatic rings. The lowest BCUT2D eigenvalue weighted by molar-refractivity contribution is -0.145. The van der Waals surface area contributed by atoms with Gasteiger partial charge in [-0.15, -0.1) is 0 Å². The molecular formula is C22H32Cl2O4. The minimum atomic E-state index is -0.220. The van der Waals surface area contributed by atoms with Crippen molar-refractivity contribution in [2.75, 3.05) is 6.61 Å². The molecule has 158 valence electrons. The first-order valence-electron chi connectivity index (χ1n) is 10.3. The number of esters is 2. The number of rotatable bonds is 15. The van der Waals surface area contributed by atoms with Crippen molar-refractivity contribution >= 4 is 35.1 Å². The van der Waals surface area contributed by atoms with E-state index in [0.717, 1.165) is 57.8 Å². The summed E-state index contributed by atoms with van der Waals surface area (Å²) in [7, 11) is 0. The Labute approximate surface area is 178 Å². The first kappa shape index (κ1) is 24.8. The molecule has 1 rings (SSSR count). The molecule has 0 heterocycles. The van der Waals surface area contributed by atoms with Gasteiger partial charge in [-0.2, -0.15) is 0 Å². The molecule has 1 aromatic carbocycles. The minimum Gasteiger partial charge on any atom is -0.466 e. The van der Waals surface area contributed by atoms with E-state index in [4.69, 9.17) is 32.7 Å². The maximum absolute atomic E-state index is 11.8. The van der Waals surface area contributed by atoms with Crippen LogP contribution in [-0.4, -0.2) is 18.5 Å². The molecule has 0 bridgehead atoms. The van der Waals surface area contributed by atoms with E-state index in [2.05, 4.69) is 6.92 Å². The molecule has 0 aromatic heterocycles. The zero-order chi connectivity index (χ0) is 20.6. The number of ether oxygens (including phenoxy) is 2. The van der Waals surface area contributed by atoms with Crippen LogP contribution in [0.5, 0.6) is 0 Å². The van der Waals surface area contributed by atoms with Crippen LogP contribution in [0, 0.1) is 0 Å². The summed E-state index contributed by atoms with van der Waals surface area (Å²) in [5, 5.41) is 1.11. The fraction of sp³-hybridized carbons (Fsp3) is 0.636. The predicted molar refractivity (Wildman–Crippen MR) is 114 cm³/mol. The molecular weight excluding hydrogens is 399 g/mol. The summed E-state index contributed by atoms with van der Waals surface area (Å²) in [5.41, 5.74) is 0.714. The number of unbranched alkanes of at least 4 members (excludes halogenated alkanes) is 7. The second-order valence-electron chi connectivity index (χ2n) is 6.95. The molecule has 1 aromatic rings. The quantitative estimate of drug-likeness (QED) is 0.224. The van der Waals surface area contributed by atoms with Crippen molar-refractivity contribution < 1.29 is 19.1 Å². The summed E-state index contributed by atoms with van der Waals surface area (Å²) >= 11 is 12.0. The van der Waals surface area contributed by atoms with Gasteiger partial charge in [0.2, 0.25) is 0 Å². The van der Waals surface area contributed by atoms with Crippen LogP contribution in [0.15, 0.2) is 18.2 Å². The van der Waals surface area contributed by atoms with E-state index in [-0.39, 0.29) is 18.5 Å². The van der Waals surface area contributed by atoms with E-state index < -0.39 is 0 Å². The molecule has 0 unspecified atom stereocenters. The zero-order valence-corrected chi connectivity index (χ0v) is 18.3. The highest BCUT2D eigenvalue weighted by Crippen LogP contribution is 2.21. The molecule has 0 saturated carbocycles. The van der Waals surface area contributed by atoms with Crippen LogP contribution >= 0.6 is 23.2 Å². The average molecular weight is 431 g/mol. The fourth-order valence-electron chi connectivity index (χ4n) is 2.74. The van der Waals surface area contributed by atoms with E-state index in [9.17, 15) is 9.59 Å². The van der Waals surface area contributed by atoms with Crippen LogP contribution in [0.3, 0.4) is 0 Å². The maximum Gasteiger partial charge on any atom is 0.306 e. The molecule has 6 heteroatoms. The Kier molecular flexibility index (Phi) is 13.8. The average Bonchev–Trinajstić information content (AvgIpc) is 2.68. The number of benzene rings is 1. The monoisotopic (exact) mass is 430 g/mol. The van der Waals surface area contributed by atoms with Crippen molar-refractivity contribution in [1.82, 2.24) is 0 Å². The second kappa shape index (κ2) is 15.6. The number of carbonyl (C=O) groups is 2. The Morgan fingerprint density at radius 1 is 0.821 bits per heavy atom. The molecule has 0 aliphatic carbocycles. The second-order valence-corrected chi connectivity index (χ2v) is 7.79. The first-order valence-corrected chi connectivity index (χ1v) is 11.0. The topological polar surface area (TPSA) is 52.6 Å². The molecule has 28 heavy (non-hydrogen) atoms. The highest BCUT2D eigenvalue weighted by molar-refractivity contribution is 6.33. The third kappa shape index (κ3) is 12.2. The van der Waals surface area contributed by atoms with Gasteiger partial charge in [-0.1, -0.05) is 68.7 Å². The summed E-state index contributed by atoms with van der Waals surface area (Å²) in [4.78, 5) is 23.3. The van der Waals surface area contributed by atoms with Crippen molar-refractivity contribution in [1.29, 1.82) is 0 Å². The molecule has 0 spiro atoms. The summed E-state index contributed by atoms with van der Waals surface area (Å²) in [6, 6.07) is 5.10. The summed E-state index contributed by atoms with van der Waals surface area (Å²) in [6.45, 7) is 2.82. The SMILES string of the molecule is CCCCCOC(=O)CCCCCCCCC(=O)OCc1cc(Cl)ccc1Cl. The van der Waals surface area contributed by atoms with E-state index in [1.54, 1.807) is 18.2 Å². The smallest absolute Gasteiger partial charge is 0.306 e. The Bertz CT molecular complexity index is 590. The van der Waals surface area contributed by atoms with Gasteiger partial charge < -0.3 is 9.47 Å². The van der Waals surface area contributed by atoms with Crippen molar-refractivity contribution in [2.24, 2.45) is 0 Å². The summed E-state index contributed by atoms with van der Waals surface area (Å²) in [6.07, 6.45) is 9.90. The van der Waals surface area contributed by atoms with Crippen LogP contribution in [0.25, 0.3) is 0 Å². The zero-order valence-electron chi connectivity index (χ0n) is 16.8. The van der Waals surface area contributed by atoms with Crippen molar-refractivity contribution in [3.8, 4) is 0 Å². The number of carbonyl (C=O) groups excluding carboxylic acids is 2. The van der Waals surface area contributed by atoms with E-state index in [0.29, 0.717) is 35.1 Å². The van der Waals surface area contributed by atoms with Gasteiger partial charge in [-0.25, -0.2) is 0 Å². The van der Waals surface area contributed by atoms with Crippen LogP contribution in [-0.2, 0) is 25.7 Å². The lowest BCUT2D eigenvalue weighted by atomic mass is 10.1. The van der Waals surface area contributed by atoms with E-state index in [1.807, 2.05) is 0 Å². The lowest BCUT2D eigenvalue weighted by Crippen LogP contribution is -2.05. The van der Waals surface area contributed by atoms with Crippen molar-refractivity contribution in [3.05, 3.63) is 33.8 Å². The van der Waals surface area contributed by atoms with Gasteiger partial charge in [0.05, 0.1) is 6.61 Å². The van der Waals surface area contributed by atoms with E-state index >= 15 is 0 Å². The molecule has 0 radical (unpaired) electrons. The number of hydrogen-bond acceptors (Lipinski definition) is 4. The number of halogens is 2. The Morgan fingerprint density at radius 3 is 2.07 bits per heavy atom. The third-order valence-corrected chi connectivity index (χ3v) is 5.02. The van der Waals surface area contributed by atoms with Gasteiger partial charge in [0.25, 0.3) is 0 Å². The summed E-state index contributed by atoms with van der Waals surface area (Å²) < 4.78 is 10.4. The van der Waals surface area contributed by atoms with Crippen molar-refractivity contribution in [2.45, 2.75) is 84.2 Å². The Hall–Kier alpha value is -1.26. The molecule has 0 atom stereocenters. The maximum atomic E-state index is 11.8. The standard InChI is InChI=1S/C22H32Cl2O4/c1-2-3-10-15-27-21(25)11-8-6-4-5-7-9-12-22(26)28-17-18-16-19(23)13-14-20(18)24/h13-14,16H,2-12,15,17H2,1H3. The highest BCUT2D eigenvalue weighted by Gasteiger charge is 2.07. The van der Waals surface area contributed by atoms with Crippen LogP contribution in [0.1, 0.15) is 83.1 Å². The van der Waals surface area contributed by atoms with Crippen LogP contribution in [0.4, 0.5) is 0 Å². The molecule has 0 amide bonds. The predicted octanol–water partition coefficient (Wildman–Crippen LogP) is 6.89. The minimum absolute atomic E-state index is 0.0846. The van der Waals surface area contributed by atoms with Crippen LogP contribution < -0.4 is 0 Å². The number of hydrogen-bond donors (Lipinski definition) is 0. The fourth-order valence-corrected chi connectivity index (χ4v) is 3.11. The first-order chi connectivity index (χ1) is 13.5. The molecule has 0 aliphatic heterocycles. The molecule has 4 nitrogen and oxygen atoms in total. The normalized spacial score (nSPS) is 10.7. The van der Waals surface area contributed by atoms with Gasteiger partial charge in [0.15, 0.2) is 0 Å². The van der Waals surface area contributed by atoms with Crippen molar-refractivity contribution in [3.63, 3.8) is 0 Å². The van der Waals surface area contributed by atoms with Gasteiger partial charge in [0.1, 0.15) is 6.61 Å². The van der Waals surface area contributed by atoms with E-state index in [1.165, 1.54) is 0 Å². The molecule has 0 N–H and O–H groups in total. The van der Waals surface area contributed by atoms with Gasteiger partial charge in [0, 0.05) is 28.5 Å². The largest absolute Gasteiger partial charge is 0.466 e. The Morgan fingerprint density at radius 2 is 1.43 bits per heavy atom. The summed E-state index contributed by atoms with van der Waals surface area (Å²) in [5.74, 6) is -0.305.